The minimum absolute atomic E-state index is 0.237. The van der Waals surface area contributed by atoms with Gasteiger partial charge in [-0.2, -0.15) is 0 Å². The van der Waals surface area contributed by atoms with Crippen LogP contribution in [0.15, 0.2) is 30.3 Å². The minimum atomic E-state index is 0.237. The lowest BCUT2D eigenvalue weighted by atomic mass is 9.79. The van der Waals surface area contributed by atoms with Crippen LogP contribution in [0.1, 0.15) is 91.7 Å². The fraction of sp³-hybridized carbons (Fsp3) is 0.636. The molecule has 1 rings (SSSR count). The first-order valence-electron chi connectivity index (χ1n) is 8.96. The molecule has 0 aromatic heterocycles. The lowest BCUT2D eigenvalue weighted by Crippen LogP contribution is -2.16. The smallest absolute Gasteiger partial charge is 0.0104 e. The molecule has 0 atom stereocenters. The summed E-state index contributed by atoms with van der Waals surface area (Å²) < 4.78 is 0. The Morgan fingerprint density at radius 2 is 1.50 bits per heavy atom. The van der Waals surface area contributed by atoms with E-state index in [0.717, 1.165) is 0 Å². The van der Waals surface area contributed by atoms with Gasteiger partial charge in [-0.15, -0.1) is 0 Å². The summed E-state index contributed by atoms with van der Waals surface area (Å²) in [6.07, 6.45) is 9.03. The quantitative estimate of drug-likeness (QED) is 0.461. The maximum atomic E-state index is 2.38. The Morgan fingerprint density at radius 1 is 0.909 bits per heavy atom. The zero-order valence-corrected chi connectivity index (χ0v) is 15.9. The summed E-state index contributed by atoms with van der Waals surface area (Å²) in [4.78, 5) is 0. The predicted molar refractivity (Wildman–Crippen MR) is 101 cm³/mol. The lowest BCUT2D eigenvalue weighted by Gasteiger charge is -2.26. The lowest BCUT2D eigenvalue weighted by molar-refractivity contribution is 0.446. The Kier molecular flexibility index (Phi) is 6.91. The highest BCUT2D eigenvalue weighted by atomic mass is 14.2. The van der Waals surface area contributed by atoms with Crippen molar-refractivity contribution in [1.29, 1.82) is 0 Å². The average Bonchev–Trinajstić information content (AvgIpc) is 2.42. The van der Waals surface area contributed by atoms with Gasteiger partial charge in [0, 0.05) is 0 Å². The summed E-state index contributed by atoms with van der Waals surface area (Å²) in [5, 5.41) is 0. The molecular formula is C22H36. The predicted octanol–water partition coefficient (Wildman–Crippen LogP) is 7.38. The Bertz CT molecular complexity index is 466. The first-order chi connectivity index (χ1) is 10.2. The van der Waals surface area contributed by atoms with Crippen LogP contribution in [0.3, 0.4) is 0 Å². The normalized spacial score (nSPS) is 13.5. The molecule has 0 N–H and O–H groups in total. The first-order valence-corrected chi connectivity index (χ1v) is 8.96. The highest BCUT2D eigenvalue weighted by Gasteiger charge is 2.19. The molecule has 0 spiro atoms. The molecule has 0 nitrogen and oxygen atoms in total. The van der Waals surface area contributed by atoms with Crippen molar-refractivity contribution in [3.8, 4) is 0 Å². The van der Waals surface area contributed by atoms with E-state index in [-0.39, 0.29) is 10.8 Å². The fourth-order valence-electron chi connectivity index (χ4n) is 3.06. The standard InChI is InChI=1S/C22H36/c1-8-9-10-11-16-22(6,7)20-14-12-19(13-15-20)18(2)17-21(3,4)5/h12-15,17H,8-11,16H2,1-7H3/b18-17+. The van der Waals surface area contributed by atoms with Crippen LogP contribution in [0.2, 0.25) is 0 Å². The summed E-state index contributed by atoms with van der Waals surface area (Å²) in [5.74, 6) is 0. The third kappa shape index (κ3) is 6.38. The van der Waals surface area contributed by atoms with Gasteiger partial charge < -0.3 is 0 Å². The number of rotatable bonds is 7. The zero-order chi connectivity index (χ0) is 16.8. The number of hydrogen-bond acceptors (Lipinski definition) is 0. The molecule has 0 aliphatic heterocycles. The van der Waals surface area contributed by atoms with E-state index in [1.54, 1.807) is 0 Å². The molecule has 22 heavy (non-hydrogen) atoms. The van der Waals surface area contributed by atoms with Gasteiger partial charge in [0.2, 0.25) is 0 Å². The van der Waals surface area contributed by atoms with Crippen molar-refractivity contribution in [2.24, 2.45) is 5.41 Å². The van der Waals surface area contributed by atoms with Gasteiger partial charge in [-0.05, 0) is 40.9 Å². The second-order valence-corrected chi connectivity index (χ2v) is 8.47. The molecule has 0 unspecified atom stereocenters. The van der Waals surface area contributed by atoms with Gasteiger partial charge in [-0.3, -0.25) is 0 Å². The Balaban J connectivity index is 2.77. The molecule has 0 saturated heterocycles. The molecule has 0 heterocycles. The van der Waals surface area contributed by atoms with Crippen LogP contribution in [0.4, 0.5) is 0 Å². The SMILES string of the molecule is CCCCCCC(C)(C)c1ccc(/C(C)=C/C(C)(C)C)cc1. The van der Waals surface area contributed by atoms with Crippen LogP contribution in [0.5, 0.6) is 0 Å². The molecule has 1 aromatic carbocycles. The molecule has 0 aliphatic rings. The molecule has 0 saturated carbocycles. The number of hydrogen-bond donors (Lipinski definition) is 0. The maximum Gasteiger partial charge on any atom is -0.0104 e. The third-order valence-corrected chi connectivity index (χ3v) is 4.43. The molecule has 1 aromatic rings. The Labute approximate surface area is 139 Å². The van der Waals surface area contributed by atoms with Gasteiger partial charge in [0.05, 0.1) is 0 Å². The summed E-state index contributed by atoms with van der Waals surface area (Å²) in [5.41, 5.74) is 4.71. The number of benzene rings is 1. The average molecular weight is 301 g/mol. The Morgan fingerprint density at radius 3 is 2.00 bits per heavy atom. The van der Waals surface area contributed by atoms with E-state index in [4.69, 9.17) is 0 Å². The molecule has 0 aliphatic carbocycles. The first kappa shape index (κ1) is 19.0. The Hall–Kier alpha value is -1.04. The van der Waals surface area contributed by atoms with E-state index >= 15 is 0 Å². The van der Waals surface area contributed by atoms with Gasteiger partial charge in [0.15, 0.2) is 0 Å². The monoisotopic (exact) mass is 300 g/mol. The van der Waals surface area contributed by atoms with Gasteiger partial charge in [-0.25, -0.2) is 0 Å². The summed E-state index contributed by atoms with van der Waals surface area (Å²) in [7, 11) is 0. The van der Waals surface area contributed by atoms with Crippen molar-refractivity contribution in [2.75, 3.05) is 0 Å². The minimum Gasteiger partial charge on any atom is -0.0756 e. The molecule has 0 amide bonds. The van der Waals surface area contributed by atoms with E-state index in [9.17, 15) is 0 Å². The van der Waals surface area contributed by atoms with Crippen molar-refractivity contribution < 1.29 is 0 Å². The van der Waals surface area contributed by atoms with Gasteiger partial charge >= 0.3 is 0 Å². The van der Waals surface area contributed by atoms with Crippen molar-refractivity contribution in [1.82, 2.24) is 0 Å². The number of unbranched alkanes of at least 4 members (excludes halogenated alkanes) is 3. The fourth-order valence-corrected chi connectivity index (χ4v) is 3.06. The van der Waals surface area contributed by atoms with Gasteiger partial charge in [0.1, 0.15) is 0 Å². The van der Waals surface area contributed by atoms with Crippen LogP contribution >= 0.6 is 0 Å². The van der Waals surface area contributed by atoms with Crippen molar-refractivity contribution in [3.05, 3.63) is 41.5 Å². The van der Waals surface area contributed by atoms with Gasteiger partial charge in [0.25, 0.3) is 0 Å². The second-order valence-electron chi connectivity index (χ2n) is 8.47. The van der Waals surface area contributed by atoms with Gasteiger partial charge in [-0.1, -0.05) is 97.6 Å². The molecule has 0 radical (unpaired) electrons. The van der Waals surface area contributed by atoms with Crippen LogP contribution in [-0.4, -0.2) is 0 Å². The van der Waals surface area contributed by atoms with E-state index in [0.29, 0.717) is 0 Å². The largest absolute Gasteiger partial charge is 0.0756 e. The van der Waals surface area contributed by atoms with Crippen LogP contribution in [-0.2, 0) is 5.41 Å². The van der Waals surface area contributed by atoms with E-state index in [2.05, 4.69) is 78.8 Å². The van der Waals surface area contributed by atoms with Crippen LogP contribution < -0.4 is 0 Å². The molecule has 0 fully saturated rings. The zero-order valence-electron chi connectivity index (χ0n) is 15.9. The summed E-state index contributed by atoms with van der Waals surface area (Å²) >= 11 is 0. The molecule has 0 heteroatoms. The van der Waals surface area contributed by atoms with Crippen LogP contribution in [0.25, 0.3) is 5.57 Å². The van der Waals surface area contributed by atoms with Crippen LogP contribution in [0, 0.1) is 5.41 Å². The molecule has 0 bridgehead atoms. The van der Waals surface area contributed by atoms with E-state index in [1.807, 2.05) is 0 Å². The van der Waals surface area contributed by atoms with E-state index in [1.165, 1.54) is 48.8 Å². The van der Waals surface area contributed by atoms with Crippen molar-refractivity contribution >= 4 is 5.57 Å². The number of allylic oxidation sites excluding steroid dienone is 2. The molecule has 124 valence electrons. The third-order valence-electron chi connectivity index (χ3n) is 4.43. The molecular weight excluding hydrogens is 264 g/mol. The highest BCUT2D eigenvalue weighted by molar-refractivity contribution is 5.64. The van der Waals surface area contributed by atoms with Crippen molar-refractivity contribution in [2.45, 2.75) is 86.0 Å². The second kappa shape index (κ2) is 7.99. The topological polar surface area (TPSA) is 0 Å². The highest BCUT2D eigenvalue weighted by Crippen LogP contribution is 2.31. The summed E-state index contributed by atoms with van der Waals surface area (Å²) in [6.45, 7) is 16.0. The van der Waals surface area contributed by atoms with E-state index < -0.39 is 0 Å². The van der Waals surface area contributed by atoms with Crippen molar-refractivity contribution in [3.63, 3.8) is 0 Å². The maximum absolute atomic E-state index is 2.38. The summed E-state index contributed by atoms with van der Waals surface area (Å²) in [6, 6.07) is 9.24.